The largest absolute Gasteiger partial charge is 0.397 e. The van der Waals surface area contributed by atoms with Gasteiger partial charge in [0.05, 0.1) is 11.4 Å². The predicted octanol–water partition coefficient (Wildman–Crippen LogP) is 2.77. The Labute approximate surface area is 129 Å². The van der Waals surface area contributed by atoms with Crippen molar-refractivity contribution < 1.29 is 9.59 Å². The van der Waals surface area contributed by atoms with Crippen LogP contribution in [0.4, 0.5) is 17.1 Å². The minimum Gasteiger partial charge on any atom is -0.397 e. The number of carbonyl (C=O) groups excluding carboxylic acids is 2. The van der Waals surface area contributed by atoms with Gasteiger partial charge in [0, 0.05) is 5.69 Å². The van der Waals surface area contributed by atoms with Crippen LogP contribution in [0.5, 0.6) is 0 Å². The third-order valence-corrected chi connectivity index (χ3v) is 3.51. The molecule has 2 rings (SSSR count). The number of anilines is 3. The van der Waals surface area contributed by atoms with E-state index in [2.05, 4.69) is 10.6 Å². The van der Waals surface area contributed by atoms with Gasteiger partial charge in [0.25, 0.3) is 0 Å². The van der Waals surface area contributed by atoms with Gasteiger partial charge in [-0.15, -0.1) is 0 Å². The van der Waals surface area contributed by atoms with Crippen molar-refractivity contribution in [1.29, 1.82) is 0 Å². The third kappa shape index (κ3) is 3.44. The lowest BCUT2D eigenvalue weighted by atomic mass is 10.1. The summed E-state index contributed by atoms with van der Waals surface area (Å²) in [5, 5.41) is 5.13. The van der Waals surface area contributed by atoms with Crippen LogP contribution in [-0.4, -0.2) is 11.8 Å². The van der Waals surface area contributed by atoms with Gasteiger partial charge in [0.2, 0.25) is 0 Å². The lowest BCUT2D eigenvalue weighted by molar-refractivity contribution is -0.132. The highest BCUT2D eigenvalue weighted by Crippen LogP contribution is 2.20. The van der Waals surface area contributed by atoms with E-state index < -0.39 is 11.8 Å². The number of carbonyl (C=O) groups is 2. The Morgan fingerprint density at radius 1 is 0.909 bits per heavy atom. The monoisotopic (exact) mass is 297 g/mol. The number of aryl methyl sites for hydroxylation is 2. The van der Waals surface area contributed by atoms with E-state index in [4.69, 9.17) is 5.73 Å². The first kappa shape index (κ1) is 15.6. The fourth-order valence-electron chi connectivity index (χ4n) is 2.04. The number of nitrogens with two attached hydrogens (primary N) is 1. The first-order chi connectivity index (χ1) is 10.4. The van der Waals surface area contributed by atoms with Crippen molar-refractivity contribution >= 4 is 28.9 Å². The summed E-state index contributed by atoms with van der Waals surface area (Å²) in [5.41, 5.74) is 10.2. The molecular weight excluding hydrogens is 278 g/mol. The second-order valence-electron chi connectivity index (χ2n) is 5.25. The summed E-state index contributed by atoms with van der Waals surface area (Å²) in [4.78, 5) is 24.0. The molecule has 0 saturated heterocycles. The Morgan fingerprint density at radius 2 is 1.55 bits per heavy atom. The van der Waals surface area contributed by atoms with Crippen LogP contribution in [0.3, 0.4) is 0 Å². The van der Waals surface area contributed by atoms with Crippen molar-refractivity contribution in [3.63, 3.8) is 0 Å². The maximum Gasteiger partial charge on any atom is 0.314 e. The second-order valence-corrected chi connectivity index (χ2v) is 5.25. The van der Waals surface area contributed by atoms with Crippen LogP contribution in [0.15, 0.2) is 36.4 Å². The molecule has 0 fully saturated rings. The fraction of sp³-hybridized carbons (Fsp3) is 0.176. The Kier molecular flexibility index (Phi) is 4.46. The number of rotatable bonds is 2. The molecule has 0 radical (unpaired) electrons. The molecule has 0 aromatic heterocycles. The molecule has 0 saturated carbocycles. The minimum absolute atomic E-state index is 0.423. The number of amides is 2. The maximum absolute atomic E-state index is 12.0. The van der Waals surface area contributed by atoms with E-state index in [0.29, 0.717) is 17.1 Å². The maximum atomic E-state index is 12.0. The normalized spacial score (nSPS) is 10.1. The third-order valence-electron chi connectivity index (χ3n) is 3.51. The van der Waals surface area contributed by atoms with Crippen molar-refractivity contribution in [3.8, 4) is 0 Å². The summed E-state index contributed by atoms with van der Waals surface area (Å²) in [6, 6.07) is 10.8. The van der Waals surface area contributed by atoms with Crippen LogP contribution >= 0.6 is 0 Å². The van der Waals surface area contributed by atoms with Crippen LogP contribution in [-0.2, 0) is 9.59 Å². The molecule has 2 amide bonds. The van der Waals surface area contributed by atoms with E-state index in [1.54, 1.807) is 18.2 Å². The van der Waals surface area contributed by atoms with Gasteiger partial charge >= 0.3 is 11.8 Å². The van der Waals surface area contributed by atoms with Gasteiger partial charge in [-0.1, -0.05) is 18.2 Å². The molecule has 0 aliphatic heterocycles. The first-order valence-electron chi connectivity index (χ1n) is 6.93. The van der Waals surface area contributed by atoms with Crippen molar-refractivity contribution in [2.75, 3.05) is 16.4 Å². The van der Waals surface area contributed by atoms with Crippen LogP contribution in [0.1, 0.15) is 16.7 Å². The zero-order valence-electron chi connectivity index (χ0n) is 12.9. The highest BCUT2D eigenvalue weighted by atomic mass is 16.2. The van der Waals surface area contributed by atoms with E-state index in [1.165, 1.54) is 0 Å². The zero-order valence-corrected chi connectivity index (χ0v) is 12.9. The first-order valence-corrected chi connectivity index (χ1v) is 6.93. The van der Waals surface area contributed by atoms with Gasteiger partial charge < -0.3 is 16.4 Å². The average molecular weight is 297 g/mol. The Balaban J connectivity index is 2.09. The molecular formula is C17H19N3O2. The molecule has 4 N–H and O–H groups in total. The summed E-state index contributed by atoms with van der Waals surface area (Å²) < 4.78 is 0. The molecule has 0 unspecified atom stereocenters. The van der Waals surface area contributed by atoms with Crippen LogP contribution in [0.2, 0.25) is 0 Å². The number of nitrogen functional groups attached to an aromatic ring is 1. The summed E-state index contributed by atoms with van der Waals surface area (Å²) in [5.74, 6) is -1.48. The molecule has 0 aliphatic carbocycles. The minimum atomic E-state index is -0.753. The second kappa shape index (κ2) is 6.30. The quantitative estimate of drug-likeness (QED) is 0.588. The molecule has 114 valence electrons. The van der Waals surface area contributed by atoms with Crippen molar-refractivity contribution in [2.45, 2.75) is 20.8 Å². The molecule has 5 nitrogen and oxygen atoms in total. The lowest BCUT2D eigenvalue weighted by Gasteiger charge is -2.11. The Hall–Kier alpha value is -2.82. The fourth-order valence-corrected chi connectivity index (χ4v) is 2.04. The molecule has 0 spiro atoms. The molecule has 2 aromatic rings. The highest BCUT2D eigenvalue weighted by Gasteiger charge is 2.16. The van der Waals surface area contributed by atoms with Gasteiger partial charge in [-0.05, 0) is 55.7 Å². The molecule has 0 heterocycles. The average Bonchev–Trinajstić information content (AvgIpc) is 2.46. The summed E-state index contributed by atoms with van der Waals surface area (Å²) in [7, 11) is 0. The number of hydrogen-bond donors (Lipinski definition) is 3. The molecule has 0 bridgehead atoms. The van der Waals surface area contributed by atoms with E-state index in [9.17, 15) is 9.59 Å². The van der Waals surface area contributed by atoms with Crippen LogP contribution in [0.25, 0.3) is 0 Å². The number of benzene rings is 2. The molecule has 2 aromatic carbocycles. The summed E-state index contributed by atoms with van der Waals surface area (Å²) in [6.45, 7) is 5.73. The Bertz CT molecular complexity index is 739. The van der Waals surface area contributed by atoms with Gasteiger partial charge in [0.15, 0.2) is 0 Å². The van der Waals surface area contributed by atoms with E-state index in [0.717, 1.165) is 16.7 Å². The van der Waals surface area contributed by atoms with Crippen molar-refractivity contribution in [3.05, 3.63) is 53.1 Å². The molecule has 5 heteroatoms. The Morgan fingerprint density at radius 3 is 2.18 bits per heavy atom. The van der Waals surface area contributed by atoms with Crippen LogP contribution < -0.4 is 16.4 Å². The lowest BCUT2D eigenvalue weighted by Crippen LogP contribution is -2.29. The SMILES string of the molecule is Cc1ccc(NC(=O)C(=O)Nc2cccc(C)c2C)c(N)c1. The summed E-state index contributed by atoms with van der Waals surface area (Å²) >= 11 is 0. The predicted molar refractivity (Wildman–Crippen MR) is 88.8 cm³/mol. The highest BCUT2D eigenvalue weighted by molar-refractivity contribution is 6.44. The molecule has 0 aliphatic rings. The number of nitrogens with one attached hydrogen (secondary N) is 2. The standard InChI is InChI=1S/C17H19N3O2/c1-10-7-8-15(13(18)9-10)20-17(22)16(21)19-14-6-4-5-11(2)12(14)3/h4-9H,18H2,1-3H3,(H,19,21)(H,20,22). The van der Waals surface area contributed by atoms with Gasteiger partial charge in [-0.3, -0.25) is 9.59 Å². The smallest absolute Gasteiger partial charge is 0.314 e. The van der Waals surface area contributed by atoms with Gasteiger partial charge in [0.1, 0.15) is 0 Å². The topological polar surface area (TPSA) is 84.2 Å². The van der Waals surface area contributed by atoms with E-state index in [-0.39, 0.29) is 0 Å². The zero-order chi connectivity index (χ0) is 16.3. The van der Waals surface area contributed by atoms with Crippen molar-refractivity contribution in [2.24, 2.45) is 0 Å². The molecule has 22 heavy (non-hydrogen) atoms. The molecule has 0 atom stereocenters. The van der Waals surface area contributed by atoms with E-state index in [1.807, 2.05) is 39.0 Å². The van der Waals surface area contributed by atoms with Crippen LogP contribution in [0, 0.1) is 20.8 Å². The summed E-state index contributed by atoms with van der Waals surface area (Å²) in [6.07, 6.45) is 0. The van der Waals surface area contributed by atoms with E-state index >= 15 is 0 Å². The number of hydrogen-bond acceptors (Lipinski definition) is 3. The van der Waals surface area contributed by atoms with Gasteiger partial charge in [-0.25, -0.2) is 0 Å². The van der Waals surface area contributed by atoms with Crippen molar-refractivity contribution in [1.82, 2.24) is 0 Å². The van der Waals surface area contributed by atoms with Gasteiger partial charge in [-0.2, -0.15) is 0 Å².